The predicted octanol–water partition coefficient (Wildman–Crippen LogP) is 3.89. The number of hydrogen-bond donors (Lipinski definition) is 2. The Morgan fingerprint density at radius 2 is 1.81 bits per heavy atom. The van der Waals surface area contributed by atoms with E-state index in [2.05, 4.69) is 30.1 Å². The van der Waals surface area contributed by atoms with Gasteiger partial charge in [-0.05, 0) is 41.5 Å². The van der Waals surface area contributed by atoms with E-state index in [1.165, 1.54) is 0 Å². The second-order valence-electron chi connectivity index (χ2n) is 7.56. The number of amides is 2. The van der Waals surface area contributed by atoms with Crippen LogP contribution >= 0.6 is 0 Å². The average molecular weight is 367 g/mol. The van der Waals surface area contributed by atoms with E-state index in [1.54, 1.807) is 0 Å². The number of hydrogen-bond acceptors (Lipinski definition) is 3. The van der Waals surface area contributed by atoms with Crippen molar-refractivity contribution in [3.05, 3.63) is 59.7 Å². The third-order valence-electron chi connectivity index (χ3n) is 5.32. The Morgan fingerprint density at radius 1 is 1.11 bits per heavy atom. The molecule has 1 heterocycles. The van der Waals surface area contributed by atoms with Crippen molar-refractivity contribution in [2.75, 3.05) is 25.0 Å². The van der Waals surface area contributed by atoms with Crippen LogP contribution in [-0.2, 0) is 13.0 Å². The van der Waals surface area contributed by atoms with Crippen LogP contribution in [0.25, 0.3) is 0 Å². The number of nitrogens with one attached hydrogen (secondary N) is 1. The summed E-state index contributed by atoms with van der Waals surface area (Å²) in [5.74, 6) is 2.14. The first-order valence-electron chi connectivity index (χ1n) is 9.59. The Kier molecular flexibility index (Phi) is 6.35. The van der Waals surface area contributed by atoms with Crippen molar-refractivity contribution in [2.24, 2.45) is 17.6 Å². The molecule has 1 aliphatic heterocycles. The fourth-order valence-electron chi connectivity index (χ4n) is 3.54. The fraction of sp³-hybridized carbons (Fsp3) is 0.409. The molecule has 5 heteroatoms. The minimum Gasteiger partial charge on any atom is -0.487 e. The van der Waals surface area contributed by atoms with Gasteiger partial charge in [0.1, 0.15) is 12.4 Å². The van der Waals surface area contributed by atoms with Crippen LogP contribution in [-0.4, -0.2) is 30.6 Å². The number of ether oxygens (including phenoxy) is 1. The summed E-state index contributed by atoms with van der Waals surface area (Å²) in [6.45, 7) is 8.42. The van der Waals surface area contributed by atoms with Crippen LogP contribution in [0.15, 0.2) is 48.5 Å². The molecule has 1 fully saturated rings. The Labute approximate surface area is 161 Å². The molecule has 2 aromatic rings. The van der Waals surface area contributed by atoms with Gasteiger partial charge >= 0.3 is 6.03 Å². The molecule has 27 heavy (non-hydrogen) atoms. The maximum Gasteiger partial charge on any atom is 0.316 e. The predicted molar refractivity (Wildman–Crippen MR) is 109 cm³/mol. The lowest BCUT2D eigenvalue weighted by atomic mass is 10.0. The molecule has 2 unspecified atom stereocenters. The normalized spacial score (nSPS) is 19.8. The number of likely N-dealkylation sites (tertiary alicyclic amines) is 1. The fourth-order valence-corrected chi connectivity index (χ4v) is 3.54. The lowest BCUT2D eigenvalue weighted by molar-refractivity contribution is 0.259. The number of carbonyl (C=O) groups excluding carboxylic acids is 1. The summed E-state index contributed by atoms with van der Waals surface area (Å²) in [7, 11) is 0. The summed E-state index contributed by atoms with van der Waals surface area (Å²) in [5.41, 5.74) is 8.20. The van der Waals surface area contributed by atoms with Gasteiger partial charge in [0, 0.05) is 19.6 Å². The zero-order valence-corrected chi connectivity index (χ0v) is 16.2. The third kappa shape index (κ3) is 5.47. The van der Waals surface area contributed by atoms with E-state index >= 15 is 0 Å². The molecule has 2 amide bonds. The van der Waals surface area contributed by atoms with E-state index in [0.717, 1.165) is 49.0 Å². The third-order valence-corrected chi connectivity index (χ3v) is 5.32. The van der Waals surface area contributed by atoms with Gasteiger partial charge in [-0.3, -0.25) is 0 Å². The molecular weight excluding hydrogens is 338 g/mol. The molecule has 0 bridgehead atoms. The number of anilines is 1. The second-order valence-corrected chi connectivity index (χ2v) is 7.56. The van der Waals surface area contributed by atoms with Crippen molar-refractivity contribution >= 4 is 11.7 Å². The van der Waals surface area contributed by atoms with Crippen molar-refractivity contribution in [3.8, 4) is 5.75 Å². The van der Waals surface area contributed by atoms with Crippen molar-refractivity contribution in [3.63, 3.8) is 0 Å². The average Bonchev–Trinajstić information content (AvgIpc) is 2.97. The van der Waals surface area contributed by atoms with Crippen LogP contribution in [0.1, 0.15) is 25.0 Å². The van der Waals surface area contributed by atoms with Crippen molar-refractivity contribution < 1.29 is 9.53 Å². The van der Waals surface area contributed by atoms with Crippen LogP contribution in [0.3, 0.4) is 0 Å². The van der Waals surface area contributed by atoms with Crippen LogP contribution in [0, 0.1) is 11.8 Å². The first-order valence-corrected chi connectivity index (χ1v) is 9.59. The number of rotatable bonds is 7. The Balaban J connectivity index is 1.65. The molecule has 2 atom stereocenters. The van der Waals surface area contributed by atoms with Gasteiger partial charge in [-0.2, -0.15) is 0 Å². The zero-order valence-electron chi connectivity index (χ0n) is 16.2. The van der Waals surface area contributed by atoms with Gasteiger partial charge in [0.05, 0.1) is 5.69 Å². The summed E-state index contributed by atoms with van der Waals surface area (Å²) in [6, 6.07) is 15.3. The minimum atomic E-state index is -0.584. The number of nitrogens with zero attached hydrogens (tertiary/aromatic N) is 1. The monoisotopic (exact) mass is 367 g/mol. The van der Waals surface area contributed by atoms with Gasteiger partial charge in [-0.1, -0.05) is 50.2 Å². The Hall–Kier alpha value is -2.53. The highest BCUT2D eigenvalue weighted by Crippen LogP contribution is 2.28. The molecule has 1 aliphatic rings. The molecule has 3 rings (SSSR count). The van der Waals surface area contributed by atoms with Gasteiger partial charge < -0.3 is 20.7 Å². The topological polar surface area (TPSA) is 67.6 Å². The highest BCUT2D eigenvalue weighted by molar-refractivity contribution is 5.89. The summed E-state index contributed by atoms with van der Waals surface area (Å²) in [5, 5.41) is 2.69. The molecule has 0 aromatic heterocycles. The van der Waals surface area contributed by atoms with Gasteiger partial charge in [0.2, 0.25) is 0 Å². The quantitative estimate of drug-likeness (QED) is 0.780. The van der Waals surface area contributed by atoms with Gasteiger partial charge in [0.15, 0.2) is 0 Å². The van der Waals surface area contributed by atoms with Crippen molar-refractivity contribution in [1.29, 1.82) is 0 Å². The minimum absolute atomic E-state index is 0.442. The van der Waals surface area contributed by atoms with Crippen LogP contribution < -0.4 is 15.8 Å². The smallest absolute Gasteiger partial charge is 0.316 e. The number of benzene rings is 2. The number of urea groups is 1. The van der Waals surface area contributed by atoms with Gasteiger partial charge in [-0.15, -0.1) is 0 Å². The number of primary amides is 1. The van der Waals surface area contributed by atoms with Gasteiger partial charge in [0.25, 0.3) is 0 Å². The van der Waals surface area contributed by atoms with E-state index in [0.29, 0.717) is 18.0 Å². The van der Waals surface area contributed by atoms with E-state index in [9.17, 15) is 4.79 Å². The first-order chi connectivity index (χ1) is 13.0. The molecule has 2 aromatic carbocycles. The maximum absolute atomic E-state index is 11.4. The molecule has 0 radical (unpaired) electrons. The van der Waals surface area contributed by atoms with Crippen LogP contribution in [0.5, 0.6) is 5.75 Å². The Morgan fingerprint density at radius 3 is 2.48 bits per heavy atom. The van der Waals surface area contributed by atoms with E-state index in [-0.39, 0.29) is 0 Å². The SMILES string of the molecule is CC1CN(CCc2ccc(OCc3ccccc3)c(NC(N)=O)c2)CC1C. The van der Waals surface area contributed by atoms with Crippen molar-refractivity contribution in [1.82, 2.24) is 4.90 Å². The molecule has 5 nitrogen and oxygen atoms in total. The molecule has 0 saturated carbocycles. The second kappa shape index (κ2) is 8.91. The lowest BCUT2D eigenvalue weighted by Gasteiger charge is -2.17. The maximum atomic E-state index is 11.4. The van der Waals surface area contributed by atoms with E-state index < -0.39 is 6.03 Å². The van der Waals surface area contributed by atoms with Gasteiger partial charge in [-0.25, -0.2) is 4.79 Å². The standard InChI is InChI=1S/C22H29N3O2/c1-16-13-25(14-17(16)2)11-10-18-8-9-21(20(12-18)24-22(23)26)27-15-19-6-4-3-5-7-19/h3-9,12,16-17H,10-11,13-15H2,1-2H3,(H3,23,24,26). The lowest BCUT2D eigenvalue weighted by Crippen LogP contribution is -2.23. The summed E-state index contributed by atoms with van der Waals surface area (Å²) in [4.78, 5) is 13.9. The number of nitrogens with two attached hydrogens (primary N) is 1. The highest BCUT2D eigenvalue weighted by atomic mass is 16.5. The van der Waals surface area contributed by atoms with Crippen molar-refractivity contribution in [2.45, 2.75) is 26.9 Å². The van der Waals surface area contributed by atoms with Crippen LogP contribution in [0.2, 0.25) is 0 Å². The molecular formula is C22H29N3O2. The molecule has 3 N–H and O–H groups in total. The first kappa shape index (κ1) is 19.2. The molecule has 144 valence electrons. The summed E-state index contributed by atoms with van der Waals surface area (Å²) >= 11 is 0. The van der Waals surface area contributed by atoms with E-state index in [4.69, 9.17) is 10.5 Å². The molecule has 0 spiro atoms. The number of carbonyl (C=O) groups is 1. The molecule has 0 aliphatic carbocycles. The highest BCUT2D eigenvalue weighted by Gasteiger charge is 2.25. The largest absolute Gasteiger partial charge is 0.487 e. The Bertz CT molecular complexity index is 753. The van der Waals surface area contributed by atoms with E-state index in [1.807, 2.05) is 42.5 Å². The zero-order chi connectivity index (χ0) is 19.2. The van der Waals surface area contributed by atoms with Crippen LogP contribution in [0.4, 0.5) is 10.5 Å². The molecule has 1 saturated heterocycles. The summed E-state index contributed by atoms with van der Waals surface area (Å²) in [6.07, 6.45) is 0.936. The summed E-state index contributed by atoms with van der Waals surface area (Å²) < 4.78 is 5.90.